The second-order valence-electron chi connectivity index (χ2n) is 6.07. The Morgan fingerprint density at radius 3 is 2.67 bits per heavy atom. The third kappa shape index (κ3) is 4.28. The first-order valence-corrected chi connectivity index (χ1v) is 9.71. The monoisotopic (exact) mass is 381 g/mol. The molecule has 1 aliphatic heterocycles. The average molecular weight is 381 g/mol. The Balaban J connectivity index is 1.32. The summed E-state index contributed by atoms with van der Waals surface area (Å²) in [5, 5.41) is 0.932. The van der Waals surface area contributed by atoms with Crippen molar-refractivity contribution in [1.29, 1.82) is 0 Å². The number of furan rings is 1. The first kappa shape index (κ1) is 17.5. The lowest BCUT2D eigenvalue weighted by atomic mass is 10.3. The van der Waals surface area contributed by atoms with Crippen LogP contribution < -0.4 is 4.90 Å². The summed E-state index contributed by atoms with van der Waals surface area (Å²) in [4.78, 5) is 29.3. The van der Waals surface area contributed by atoms with Crippen LogP contribution in [-0.4, -0.2) is 51.9 Å². The van der Waals surface area contributed by atoms with E-state index in [1.807, 2.05) is 29.2 Å². The van der Waals surface area contributed by atoms with Crippen molar-refractivity contribution in [3.05, 3.63) is 66.6 Å². The van der Waals surface area contributed by atoms with Crippen LogP contribution in [0.4, 0.5) is 5.82 Å². The molecule has 0 spiro atoms. The minimum atomic E-state index is -0.0668. The van der Waals surface area contributed by atoms with Gasteiger partial charge in [-0.25, -0.2) is 9.97 Å². The van der Waals surface area contributed by atoms with Crippen molar-refractivity contribution in [2.75, 3.05) is 31.1 Å². The van der Waals surface area contributed by atoms with Crippen LogP contribution in [0.5, 0.6) is 0 Å². The quantitative estimate of drug-likeness (QED) is 0.629. The van der Waals surface area contributed by atoms with Gasteiger partial charge in [-0.05, 0) is 24.3 Å². The molecular weight excluding hydrogens is 362 g/mol. The Morgan fingerprint density at radius 2 is 1.93 bits per heavy atom. The maximum absolute atomic E-state index is 12.7. The van der Waals surface area contributed by atoms with Gasteiger partial charge in [-0.15, -0.1) is 0 Å². The number of amides is 1. The number of anilines is 1. The summed E-state index contributed by atoms with van der Waals surface area (Å²) in [5.41, 5.74) is 0. The predicted molar refractivity (Wildman–Crippen MR) is 103 cm³/mol. The van der Waals surface area contributed by atoms with E-state index in [4.69, 9.17) is 4.42 Å². The number of aromatic nitrogens is 3. The standard InChI is InChI=1S/C19H19N5O2S/c25-19(24-11-9-23(10-12-24)17-13-20-7-8-21-17)16-5-4-15(26-16)14-27-18-3-1-2-6-22-18/h1-8,13H,9-12,14H2. The molecule has 0 atom stereocenters. The second-order valence-corrected chi connectivity index (χ2v) is 7.06. The molecule has 4 heterocycles. The van der Waals surface area contributed by atoms with Crippen LogP contribution in [-0.2, 0) is 5.75 Å². The fraction of sp³-hybridized carbons (Fsp3) is 0.263. The molecule has 0 radical (unpaired) electrons. The molecule has 4 rings (SSSR count). The summed E-state index contributed by atoms with van der Waals surface area (Å²) in [6.45, 7) is 2.73. The van der Waals surface area contributed by atoms with E-state index in [9.17, 15) is 4.79 Å². The van der Waals surface area contributed by atoms with Gasteiger partial charge in [0.25, 0.3) is 5.91 Å². The van der Waals surface area contributed by atoms with E-state index < -0.39 is 0 Å². The lowest BCUT2D eigenvalue weighted by Crippen LogP contribution is -2.49. The molecule has 3 aromatic heterocycles. The summed E-state index contributed by atoms with van der Waals surface area (Å²) in [5.74, 6) is 2.58. The first-order chi connectivity index (χ1) is 13.3. The van der Waals surface area contributed by atoms with Crippen LogP contribution in [0.3, 0.4) is 0 Å². The Morgan fingerprint density at radius 1 is 1.04 bits per heavy atom. The van der Waals surface area contributed by atoms with Crippen molar-refractivity contribution in [3.8, 4) is 0 Å². The zero-order chi connectivity index (χ0) is 18.5. The van der Waals surface area contributed by atoms with Crippen LogP contribution >= 0.6 is 11.8 Å². The lowest BCUT2D eigenvalue weighted by molar-refractivity contribution is 0.0713. The molecule has 0 aliphatic carbocycles. The van der Waals surface area contributed by atoms with Crippen LogP contribution in [0.25, 0.3) is 0 Å². The number of carbonyl (C=O) groups excluding carboxylic acids is 1. The van der Waals surface area contributed by atoms with Crippen LogP contribution in [0.15, 0.2) is 64.6 Å². The van der Waals surface area contributed by atoms with E-state index in [1.54, 1.807) is 42.6 Å². The number of rotatable bonds is 5. The van der Waals surface area contributed by atoms with E-state index in [0.29, 0.717) is 24.6 Å². The fourth-order valence-electron chi connectivity index (χ4n) is 2.90. The van der Waals surface area contributed by atoms with Crippen LogP contribution in [0.2, 0.25) is 0 Å². The molecule has 0 bridgehead atoms. The van der Waals surface area contributed by atoms with Crippen molar-refractivity contribution in [3.63, 3.8) is 0 Å². The number of carbonyl (C=O) groups is 1. The third-order valence-corrected chi connectivity index (χ3v) is 5.28. The van der Waals surface area contributed by atoms with Crippen molar-refractivity contribution < 1.29 is 9.21 Å². The normalized spacial score (nSPS) is 14.4. The molecule has 7 nitrogen and oxygen atoms in total. The predicted octanol–water partition coefficient (Wildman–Crippen LogP) is 2.72. The number of nitrogens with zero attached hydrogens (tertiary/aromatic N) is 5. The molecule has 1 fully saturated rings. The van der Waals surface area contributed by atoms with Gasteiger partial charge in [0.05, 0.1) is 17.0 Å². The number of hydrogen-bond acceptors (Lipinski definition) is 7. The van der Waals surface area contributed by atoms with Crippen molar-refractivity contribution in [2.24, 2.45) is 0 Å². The number of hydrogen-bond donors (Lipinski definition) is 0. The van der Waals surface area contributed by atoms with E-state index in [2.05, 4.69) is 19.9 Å². The number of pyridine rings is 1. The molecule has 1 aliphatic rings. The van der Waals surface area contributed by atoms with Gasteiger partial charge in [0.2, 0.25) is 0 Å². The highest BCUT2D eigenvalue weighted by Crippen LogP contribution is 2.22. The average Bonchev–Trinajstić information content (AvgIpc) is 3.22. The molecule has 0 unspecified atom stereocenters. The molecule has 1 saturated heterocycles. The molecule has 138 valence electrons. The van der Waals surface area contributed by atoms with Gasteiger partial charge in [-0.2, -0.15) is 0 Å². The van der Waals surface area contributed by atoms with Gasteiger partial charge in [-0.1, -0.05) is 17.8 Å². The third-order valence-electron chi connectivity index (χ3n) is 4.31. The number of thioether (sulfide) groups is 1. The minimum absolute atomic E-state index is 0.0668. The van der Waals surface area contributed by atoms with E-state index in [1.165, 1.54) is 0 Å². The molecule has 3 aromatic rings. The van der Waals surface area contributed by atoms with Gasteiger partial charge in [-0.3, -0.25) is 9.78 Å². The van der Waals surface area contributed by atoms with Crippen molar-refractivity contribution >= 4 is 23.5 Å². The Bertz CT molecular complexity index is 879. The molecule has 0 aromatic carbocycles. The van der Waals surface area contributed by atoms with Gasteiger partial charge >= 0.3 is 0 Å². The molecule has 8 heteroatoms. The second kappa shape index (κ2) is 8.22. The topological polar surface area (TPSA) is 75.4 Å². The largest absolute Gasteiger partial charge is 0.455 e. The summed E-state index contributed by atoms with van der Waals surface area (Å²) in [6.07, 6.45) is 6.85. The Hall–Kier alpha value is -2.87. The highest BCUT2D eigenvalue weighted by Gasteiger charge is 2.24. The van der Waals surface area contributed by atoms with E-state index in [-0.39, 0.29) is 5.91 Å². The SMILES string of the molecule is O=C(c1ccc(CSc2ccccn2)o1)N1CCN(c2cnccn2)CC1. The van der Waals surface area contributed by atoms with E-state index >= 15 is 0 Å². The molecule has 27 heavy (non-hydrogen) atoms. The van der Waals surface area contributed by atoms with Crippen molar-refractivity contribution in [1.82, 2.24) is 19.9 Å². The lowest BCUT2D eigenvalue weighted by Gasteiger charge is -2.34. The minimum Gasteiger partial charge on any atom is -0.455 e. The zero-order valence-electron chi connectivity index (χ0n) is 14.7. The molecule has 0 saturated carbocycles. The summed E-state index contributed by atoms with van der Waals surface area (Å²) >= 11 is 1.58. The zero-order valence-corrected chi connectivity index (χ0v) is 15.5. The van der Waals surface area contributed by atoms with Gasteiger partial charge in [0.15, 0.2) is 5.76 Å². The van der Waals surface area contributed by atoms with Gasteiger partial charge in [0, 0.05) is 44.8 Å². The summed E-state index contributed by atoms with van der Waals surface area (Å²) in [7, 11) is 0. The maximum atomic E-state index is 12.7. The summed E-state index contributed by atoms with van der Waals surface area (Å²) < 4.78 is 5.76. The molecule has 1 amide bonds. The van der Waals surface area contributed by atoms with Crippen LogP contribution in [0.1, 0.15) is 16.3 Å². The maximum Gasteiger partial charge on any atom is 0.289 e. The highest BCUT2D eigenvalue weighted by molar-refractivity contribution is 7.98. The Kier molecular flexibility index (Phi) is 5.34. The van der Waals surface area contributed by atoms with Crippen LogP contribution in [0, 0.1) is 0 Å². The number of piperazine rings is 1. The van der Waals surface area contributed by atoms with Crippen molar-refractivity contribution in [2.45, 2.75) is 10.8 Å². The van der Waals surface area contributed by atoms with E-state index in [0.717, 1.165) is 29.7 Å². The van der Waals surface area contributed by atoms with Gasteiger partial charge < -0.3 is 14.2 Å². The fourth-order valence-corrected chi connectivity index (χ4v) is 3.65. The highest BCUT2D eigenvalue weighted by atomic mass is 32.2. The summed E-state index contributed by atoms with van der Waals surface area (Å²) in [6, 6.07) is 9.41. The molecule has 0 N–H and O–H groups in total. The Labute approximate surface area is 161 Å². The first-order valence-electron chi connectivity index (χ1n) is 8.72. The van der Waals surface area contributed by atoms with Gasteiger partial charge in [0.1, 0.15) is 11.6 Å². The smallest absolute Gasteiger partial charge is 0.289 e. The molecular formula is C19H19N5O2S.